The minimum Gasteiger partial charge on any atom is -0.497 e. The third-order valence-corrected chi connectivity index (χ3v) is 3.49. The van der Waals surface area contributed by atoms with Crippen molar-refractivity contribution in [2.24, 2.45) is 0 Å². The predicted molar refractivity (Wildman–Crippen MR) is 83.9 cm³/mol. The molecule has 0 aromatic heterocycles. The zero-order valence-electron chi connectivity index (χ0n) is 12.3. The highest BCUT2D eigenvalue weighted by molar-refractivity contribution is 5.27. The second-order valence-corrected chi connectivity index (χ2v) is 4.98. The molecule has 2 aromatic carbocycles. The first-order valence-electron chi connectivity index (χ1n) is 7.24. The lowest BCUT2D eigenvalue weighted by Crippen LogP contribution is -2.20. The zero-order chi connectivity index (χ0) is 14.2. The second kappa shape index (κ2) is 7.71. The highest BCUT2D eigenvalue weighted by atomic mass is 16.5. The molecule has 2 heteroatoms. The van der Waals surface area contributed by atoms with Crippen LogP contribution in [-0.4, -0.2) is 7.11 Å². The highest BCUT2D eigenvalue weighted by Gasteiger charge is 2.09. The number of hydrogen-bond donors (Lipinski definition) is 1. The van der Waals surface area contributed by atoms with E-state index < -0.39 is 0 Å². The normalized spacial score (nSPS) is 12.1. The molecule has 0 spiro atoms. The van der Waals surface area contributed by atoms with E-state index in [2.05, 4.69) is 54.7 Å². The smallest absolute Gasteiger partial charge is 0.118 e. The molecule has 0 saturated carbocycles. The summed E-state index contributed by atoms with van der Waals surface area (Å²) in [5, 5.41) is 3.65. The molecule has 2 aromatic rings. The Morgan fingerprint density at radius 1 is 1.00 bits per heavy atom. The maximum Gasteiger partial charge on any atom is 0.118 e. The van der Waals surface area contributed by atoms with Crippen molar-refractivity contribution >= 4 is 0 Å². The molecular formula is C18H23NO. The van der Waals surface area contributed by atoms with Crippen LogP contribution >= 0.6 is 0 Å². The summed E-state index contributed by atoms with van der Waals surface area (Å²) in [6.07, 6.45) is 2.33. The summed E-state index contributed by atoms with van der Waals surface area (Å²) in [5.41, 5.74) is 2.64. The Morgan fingerprint density at radius 3 is 2.30 bits per heavy atom. The Balaban J connectivity index is 1.98. The van der Waals surface area contributed by atoms with Gasteiger partial charge in [0, 0.05) is 12.6 Å². The fourth-order valence-corrected chi connectivity index (χ4v) is 2.35. The fourth-order valence-electron chi connectivity index (χ4n) is 2.35. The molecule has 0 saturated heterocycles. The van der Waals surface area contributed by atoms with Crippen LogP contribution < -0.4 is 10.1 Å². The van der Waals surface area contributed by atoms with Gasteiger partial charge in [0.2, 0.25) is 0 Å². The first-order chi connectivity index (χ1) is 9.83. The molecule has 0 aliphatic heterocycles. The van der Waals surface area contributed by atoms with E-state index in [1.54, 1.807) is 7.11 Å². The summed E-state index contributed by atoms with van der Waals surface area (Å²) in [5.74, 6) is 0.905. The molecule has 0 aliphatic carbocycles. The van der Waals surface area contributed by atoms with Crippen LogP contribution in [0.3, 0.4) is 0 Å². The first kappa shape index (κ1) is 14.6. The average Bonchev–Trinajstić information content (AvgIpc) is 2.53. The lowest BCUT2D eigenvalue weighted by molar-refractivity contribution is 0.414. The van der Waals surface area contributed by atoms with Gasteiger partial charge in [0.25, 0.3) is 0 Å². The largest absolute Gasteiger partial charge is 0.497 e. The Bertz CT molecular complexity index is 493. The fraction of sp³-hybridized carbons (Fsp3) is 0.333. The van der Waals surface area contributed by atoms with E-state index in [9.17, 15) is 0 Å². The average molecular weight is 269 g/mol. The van der Waals surface area contributed by atoms with Crippen molar-refractivity contribution in [1.82, 2.24) is 5.32 Å². The van der Waals surface area contributed by atoms with E-state index in [0.717, 1.165) is 18.7 Å². The SMILES string of the molecule is CCCC(NCc1ccc(OC)cc1)c1ccccc1. The van der Waals surface area contributed by atoms with Gasteiger partial charge >= 0.3 is 0 Å². The molecule has 1 atom stereocenters. The lowest BCUT2D eigenvalue weighted by Gasteiger charge is -2.18. The molecule has 0 fully saturated rings. The van der Waals surface area contributed by atoms with Gasteiger partial charge in [0.05, 0.1) is 7.11 Å². The quantitative estimate of drug-likeness (QED) is 0.808. The molecule has 106 valence electrons. The number of rotatable bonds is 7. The van der Waals surface area contributed by atoms with Gasteiger partial charge in [-0.1, -0.05) is 55.8 Å². The number of ether oxygens (including phenoxy) is 1. The van der Waals surface area contributed by atoms with Crippen molar-refractivity contribution in [3.05, 3.63) is 65.7 Å². The van der Waals surface area contributed by atoms with Crippen LogP contribution in [0.2, 0.25) is 0 Å². The van der Waals surface area contributed by atoms with Gasteiger partial charge in [-0.2, -0.15) is 0 Å². The van der Waals surface area contributed by atoms with E-state index in [1.807, 2.05) is 12.1 Å². The molecular weight excluding hydrogens is 246 g/mol. The molecule has 1 unspecified atom stereocenters. The van der Waals surface area contributed by atoms with E-state index in [-0.39, 0.29) is 0 Å². The van der Waals surface area contributed by atoms with Crippen LogP contribution in [0.25, 0.3) is 0 Å². The minimum absolute atomic E-state index is 0.420. The Hall–Kier alpha value is -1.80. The summed E-state index contributed by atoms with van der Waals surface area (Å²) in [4.78, 5) is 0. The van der Waals surface area contributed by atoms with Crippen LogP contribution in [0, 0.1) is 0 Å². The summed E-state index contributed by atoms with van der Waals surface area (Å²) in [6, 6.07) is 19.3. The lowest BCUT2D eigenvalue weighted by atomic mass is 10.0. The third-order valence-electron chi connectivity index (χ3n) is 3.49. The Labute approximate surface area is 121 Å². The Kier molecular flexibility index (Phi) is 5.63. The molecule has 1 N–H and O–H groups in total. The molecule has 0 aliphatic rings. The maximum atomic E-state index is 5.18. The summed E-state index contributed by atoms with van der Waals surface area (Å²) in [7, 11) is 1.69. The van der Waals surface area contributed by atoms with Gasteiger partial charge in [0.1, 0.15) is 5.75 Å². The van der Waals surface area contributed by atoms with Crippen LogP contribution in [0.1, 0.15) is 36.9 Å². The molecule has 0 amide bonds. The molecule has 0 bridgehead atoms. The molecule has 2 rings (SSSR count). The Morgan fingerprint density at radius 2 is 1.70 bits per heavy atom. The van der Waals surface area contributed by atoms with Crippen LogP contribution in [0.15, 0.2) is 54.6 Å². The van der Waals surface area contributed by atoms with Crippen molar-refractivity contribution < 1.29 is 4.74 Å². The number of benzene rings is 2. The third kappa shape index (κ3) is 4.10. The maximum absolute atomic E-state index is 5.18. The second-order valence-electron chi connectivity index (χ2n) is 4.98. The van der Waals surface area contributed by atoms with Crippen molar-refractivity contribution in [3.8, 4) is 5.75 Å². The minimum atomic E-state index is 0.420. The highest BCUT2D eigenvalue weighted by Crippen LogP contribution is 2.19. The summed E-state index contributed by atoms with van der Waals surface area (Å²) < 4.78 is 5.18. The number of hydrogen-bond acceptors (Lipinski definition) is 2. The van der Waals surface area contributed by atoms with E-state index in [0.29, 0.717) is 6.04 Å². The van der Waals surface area contributed by atoms with Gasteiger partial charge in [-0.25, -0.2) is 0 Å². The van der Waals surface area contributed by atoms with Gasteiger partial charge in [-0.3, -0.25) is 0 Å². The van der Waals surface area contributed by atoms with Crippen molar-refractivity contribution in [3.63, 3.8) is 0 Å². The van der Waals surface area contributed by atoms with Crippen molar-refractivity contribution in [2.45, 2.75) is 32.4 Å². The molecule has 2 nitrogen and oxygen atoms in total. The van der Waals surface area contributed by atoms with Gasteiger partial charge in [0.15, 0.2) is 0 Å². The van der Waals surface area contributed by atoms with Crippen LogP contribution in [-0.2, 0) is 6.54 Å². The van der Waals surface area contributed by atoms with Gasteiger partial charge in [-0.15, -0.1) is 0 Å². The molecule has 20 heavy (non-hydrogen) atoms. The molecule has 0 radical (unpaired) electrons. The zero-order valence-corrected chi connectivity index (χ0v) is 12.3. The van der Waals surface area contributed by atoms with E-state index in [1.165, 1.54) is 17.5 Å². The van der Waals surface area contributed by atoms with Crippen molar-refractivity contribution in [1.29, 1.82) is 0 Å². The van der Waals surface area contributed by atoms with Gasteiger partial charge in [-0.05, 0) is 29.7 Å². The monoisotopic (exact) mass is 269 g/mol. The number of nitrogens with one attached hydrogen (secondary N) is 1. The van der Waals surface area contributed by atoms with Crippen LogP contribution in [0.4, 0.5) is 0 Å². The summed E-state index contributed by atoms with van der Waals surface area (Å²) in [6.45, 7) is 3.11. The first-order valence-corrected chi connectivity index (χ1v) is 7.24. The van der Waals surface area contributed by atoms with E-state index >= 15 is 0 Å². The van der Waals surface area contributed by atoms with E-state index in [4.69, 9.17) is 4.74 Å². The van der Waals surface area contributed by atoms with Crippen LogP contribution in [0.5, 0.6) is 5.75 Å². The number of methoxy groups -OCH3 is 1. The molecule has 0 heterocycles. The van der Waals surface area contributed by atoms with Crippen molar-refractivity contribution in [2.75, 3.05) is 7.11 Å². The van der Waals surface area contributed by atoms with Gasteiger partial charge < -0.3 is 10.1 Å². The summed E-state index contributed by atoms with van der Waals surface area (Å²) >= 11 is 0. The topological polar surface area (TPSA) is 21.3 Å². The predicted octanol–water partition coefficient (Wildman–Crippen LogP) is 4.33. The standard InChI is InChI=1S/C18H23NO/c1-3-7-18(16-8-5-4-6-9-16)19-14-15-10-12-17(20-2)13-11-15/h4-6,8-13,18-19H,3,7,14H2,1-2H3.